The lowest BCUT2D eigenvalue weighted by Gasteiger charge is -2.15. The summed E-state index contributed by atoms with van der Waals surface area (Å²) in [4.78, 5) is 8.22. The molecule has 0 aliphatic heterocycles. The summed E-state index contributed by atoms with van der Waals surface area (Å²) in [5.41, 5.74) is 2.63. The Balaban J connectivity index is 1.77. The van der Waals surface area contributed by atoms with Gasteiger partial charge < -0.3 is 5.32 Å². The van der Waals surface area contributed by atoms with Crippen molar-refractivity contribution in [3.63, 3.8) is 0 Å². The third-order valence-electron chi connectivity index (χ3n) is 3.75. The number of hydrogen-bond acceptors (Lipinski definition) is 3. The predicted molar refractivity (Wildman–Crippen MR) is 71.1 cm³/mol. The zero-order valence-corrected chi connectivity index (χ0v) is 10.5. The van der Waals surface area contributed by atoms with Gasteiger partial charge in [0.05, 0.1) is 0 Å². The van der Waals surface area contributed by atoms with Crippen LogP contribution < -0.4 is 5.32 Å². The highest BCUT2D eigenvalue weighted by atomic mass is 14.9. The Morgan fingerprint density at radius 2 is 1.89 bits per heavy atom. The molecule has 1 aromatic carbocycles. The van der Waals surface area contributed by atoms with Gasteiger partial charge >= 0.3 is 0 Å². The molecule has 0 amide bonds. The van der Waals surface area contributed by atoms with E-state index in [9.17, 15) is 0 Å². The summed E-state index contributed by atoms with van der Waals surface area (Å²) in [5.74, 6) is 1.33. The van der Waals surface area contributed by atoms with E-state index in [2.05, 4.69) is 45.6 Å². The van der Waals surface area contributed by atoms with Crippen LogP contribution in [0.1, 0.15) is 29.5 Å². The molecule has 2 aromatic rings. The van der Waals surface area contributed by atoms with Gasteiger partial charge in [0, 0.05) is 24.0 Å². The van der Waals surface area contributed by atoms with E-state index in [1.807, 2.05) is 19.4 Å². The summed E-state index contributed by atoms with van der Waals surface area (Å²) >= 11 is 0. The maximum absolute atomic E-state index is 4.11. The molecule has 3 rings (SSSR count). The van der Waals surface area contributed by atoms with E-state index in [0.717, 1.165) is 0 Å². The van der Waals surface area contributed by atoms with Crippen LogP contribution in [-0.4, -0.2) is 17.0 Å². The lowest BCUT2D eigenvalue weighted by Crippen LogP contribution is -2.19. The smallest absolute Gasteiger partial charge is 0.115 e. The minimum absolute atomic E-state index is 0.358. The van der Waals surface area contributed by atoms with Crippen LogP contribution in [0.4, 0.5) is 0 Å². The average Bonchev–Trinajstić information content (AvgIpc) is 3.22. The first-order valence-electron chi connectivity index (χ1n) is 6.37. The van der Waals surface area contributed by atoms with Crippen molar-refractivity contribution in [2.75, 3.05) is 7.05 Å². The molecule has 3 atom stereocenters. The van der Waals surface area contributed by atoms with Crippen LogP contribution in [0.5, 0.6) is 0 Å². The lowest BCUT2D eigenvalue weighted by atomic mass is 10.0. The standard InChI is InChI=1S/C15H17N3/c1-16-15(12-8-17-10-18-9-12)14-7-13(14)11-5-3-2-4-6-11/h2-6,8-10,13-16H,7H2,1H3. The quantitative estimate of drug-likeness (QED) is 0.891. The first kappa shape index (κ1) is 11.4. The molecule has 3 unspecified atom stereocenters. The number of aromatic nitrogens is 2. The van der Waals surface area contributed by atoms with Crippen LogP contribution in [0.25, 0.3) is 0 Å². The largest absolute Gasteiger partial charge is 0.313 e. The fourth-order valence-corrected chi connectivity index (χ4v) is 2.77. The Morgan fingerprint density at radius 3 is 2.56 bits per heavy atom. The van der Waals surface area contributed by atoms with E-state index >= 15 is 0 Å². The van der Waals surface area contributed by atoms with E-state index in [4.69, 9.17) is 0 Å². The molecular formula is C15H17N3. The summed E-state index contributed by atoms with van der Waals surface area (Å²) in [7, 11) is 2.01. The number of hydrogen-bond donors (Lipinski definition) is 1. The molecule has 1 fully saturated rings. The third-order valence-corrected chi connectivity index (χ3v) is 3.75. The van der Waals surface area contributed by atoms with Crippen molar-refractivity contribution in [3.8, 4) is 0 Å². The highest BCUT2D eigenvalue weighted by Crippen LogP contribution is 2.53. The maximum Gasteiger partial charge on any atom is 0.115 e. The first-order valence-corrected chi connectivity index (χ1v) is 6.37. The Bertz CT molecular complexity index is 498. The van der Waals surface area contributed by atoms with Crippen molar-refractivity contribution >= 4 is 0 Å². The molecule has 0 radical (unpaired) electrons. The Hall–Kier alpha value is -1.74. The Kier molecular flexibility index (Phi) is 3.07. The second-order valence-corrected chi connectivity index (χ2v) is 4.85. The van der Waals surface area contributed by atoms with Crippen LogP contribution in [0.3, 0.4) is 0 Å². The summed E-state index contributed by atoms with van der Waals surface area (Å²) in [5, 5.41) is 3.40. The fraction of sp³-hybridized carbons (Fsp3) is 0.333. The van der Waals surface area contributed by atoms with Crippen molar-refractivity contribution < 1.29 is 0 Å². The van der Waals surface area contributed by atoms with Crippen LogP contribution in [0, 0.1) is 5.92 Å². The Labute approximate surface area is 107 Å². The molecule has 3 nitrogen and oxygen atoms in total. The van der Waals surface area contributed by atoms with Gasteiger partial charge in [0.15, 0.2) is 0 Å². The SMILES string of the molecule is CNC(c1cncnc1)C1CC1c1ccccc1. The van der Waals surface area contributed by atoms with Gasteiger partial charge in [-0.05, 0) is 30.9 Å². The second kappa shape index (κ2) is 4.86. The molecule has 1 aliphatic carbocycles. The summed E-state index contributed by atoms with van der Waals surface area (Å²) < 4.78 is 0. The van der Waals surface area contributed by atoms with Gasteiger partial charge in [-0.25, -0.2) is 9.97 Å². The fourth-order valence-electron chi connectivity index (χ4n) is 2.77. The number of nitrogens with zero attached hydrogens (tertiary/aromatic N) is 2. The molecule has 0 saturated heterocycles. The lowest BCUT2D eigenvalue weighted by molar-refractivity contribution is 0.514. The molecule has 0 bridgehead atoms. The summed E-state index contributed by atoms with van der Waals surface area (Å²) in [6, 6.07) is 11.1. The van der Waals surface area contributed by atoms with Crippen LogP contribution in [0.2, 0.25) is 0 Å². The molecule has 1 saturated carbocycles. The van der Waals surface area contributed by atoms with E-state index in [0.29, 0.717) is 17.9 Å². The molecular weight excluding hydrogens is 222 g/mol. The Morgan fingerprint density at radius 1 is 1.17 bits per heavy atom. The van der Waals surface area contributed by atoms with E-state index < -0.39 is 0 Å². The average molecular weight is 239 g/mol. The number of benzene rings is 1. The zero-order chi connectivity index (χ0) is 12.4. The molecule has 1 N–H and O–H groups in total. The van der Waals surface area contributed by atoms with Gasteiger partial charge in [0.1, 0.15) is 6.33 Å². The second-order valence-electron chi connectivity index (χ2n) is 4.85. The van der Waals surface area contributed by atoms with Crippen molar-refractivity contribution in [1.29, 1.82) is 0 Å². The molecule has 1 aromatic heterocycles. The topological polar surface area (TPSA) is 37.8 Å². The molecule has 18 heavy (non-hydrogen) atoms. The molecule has 0 spiro atoms. The van der Waals surface area contributed by atoms with Gasteiger partial charge in [-0.3, -0.25) is 0 Å². The van der Waals surface area contributed by atoms with Crippen molar-refractivity contribution in [1.82, 2.24) is 15.3 Å². The molecule has 1 heterocycles. The molecule has 92 valence electrons. The highest BCUT2D eigenvalue weighted by molar-refractivity contribution is 5.29. The minimum Gasteiger partial charge on any atom is -0.313 e. The normalized spacial score (nSPS) is 23.6. The third kappa shape index (κ3) is 2.14. The van der Waals surface area contributed by atoms with Crippen LogP contribution >= 0.6 is 0 Å². The van der Waals surface area contributed by atoms with E-state index in [-0.39, 0.29) is 0 Å². The summed E-state index contributed by atoms with van der Waals surface area (Å²) in [6.45, 7) is 0. The van der Waals surface area contributed by atoms with Gasteiger partial charge in [0.25, 0.3) is 0 Å². The monoisotopic (exact) mass is 239 g/mol. The van der Waals surface area contributed by atoms with Gasteiger partial charge in [-0.1, -0.05) is 30.3 Å². The zero-order valence-electron chi connectivity index (χ0n) is 10.5. The number of rotatable bonds is 4. The van der Waals surface area contributed by atoms with Crippen LogP contribution in [-0.2, 0) is 0 Å². The van der Waals surface area contributed by atoms with Gasteiger partial charge in [-0.2, -0.15) is 0 Å². The number of nitrogens with one attached hydrogen (secondary N) is 1. The van der Waals surface area contributed by atoms with Crippen molar-refractivity contribution in [2.45, 2.75) is 18.4 Å². The first-order chi connectivity index (χ1) is 8.90. The predicted octanol–water partition coefficient (Wildman–Crippen LogP) is 2.54. The van der Waals surface area contributed by atoms with Gasteiger partial charge in [-0.15, -0.1) is 0 Å². The van der Waals surface area contributed by atoms with Crippen molar-refractivity contribution in [2.24, 2.45) is 5.92 Å². The molecule has 3 heteroatoms. The minimum atomic E-state index is 0.358. The van der Waals surface area contributed by atoms with Crippen LogP contribution in [0.15, 0.2) is 49.1 Å². The highest BCUT2D eigenvalue weighted by Gasteiger charge is 2.43. The molecule has 1 aliphatic rings. The van der Waals surface area contributed by atoms with Gasteiger partial charge in [0.2, 0.25) is 0 Å². The van der Waals surface area contributed by atoms with E-state index in [1.165, 1.54) is 17.5 Å². The maximum atomic E-state index is 4.11. The summed E-state index contributed by atoms with van der Waals surface area (Å²) in [6.07, 6.45) is 6.64. The van der Waals surface area contributed by atoms with Crippen molar-refractivity contribution in [3.05, 3.63) is 60.2 Å². The van der Waals surface area contributed by atoms with E-state index in [1.54, 1.807) is 6.33 Å².